The number of rotatable bonds is 8. The number of nitrogens with zero attached hydrogens (tertiary/aromatic N) is 3. The minimum atomic E-state index is -3.27. The van der Waals surface area contributed by atoms with Crippen LogP contribution in [0.4, 0.5) is 5.13 Å². The number of sulfone groups is 1. The highest BCUT2D eigenvalue weighted by Crippen LogP contribution is 2.33. The molecule has 0 fully saturated rings. The van der Waals surface area contributed by atoms with Gasteiger partial charge >= 0.3 is 0 Å². The Bertz CT molecular complexity index is 1190. The Kier molecular flexibility index (Phi) is 9.07. The van der Waals surface area contributed by atoms with Gasteiger partial charge in [0.15, 0.2) is 15.0 Å². The SMILES string of the molecule is Cc1cc(Cl)cc2sc(N(CCCN(C)C)C(=O)Cc3ccc(S(C)(=O)=O)cc3)nc12.Cl. The third-order valence-electron chi connectivity index (χ3n) is 4.86. The molecular formula is C22H27Cl2N3O3S2. The smallest absolute Gasteiger partial charge is 0.233 e. The van der Waals surface area contributed by atoms with Gasteiger partial charge < -0.3 is 4.90 Å². The predicted octanol–water partition coefficient (Wildman–Crippen LogP) is 4.61. The number of aromatic nitrogens is 1. The third kappa shape index (κ3) is 6.65. The summed E-state index contributed by atoms with van der Waals surface area (Å²) in [6.07, 6.45) is 2.14. The van der Waals surface area contributed by atoms with Gasteiger partial charge in [-0.3, -0.25) is 9.69 Å². The summed E-state index contributed by atoms with van der Waals surface area (Å²) in [5.74, 6) is -0.0753. The summed E-state index contributed by atoms with van der Waals surface area (Å²) in [7, 11) is 0.728. The zero-order chi connectivity index (χ0) is 22.8. The van der Waals surface area contributed by atoms with Crippen LogP contribution in [0.3, 0.4) is 0 Å². The number of hydrogen-bond acceptors (Lipinski definition) is 6. The van der Waals surface area contributed by atoms with Crippen molar-refractivity contribution in [1.29, 1.82) is 0 Å². The summed E-state index contributed by atoms with van der Waals surface area (Å²) in [6.45, 7) is 3.35. The van der Waals surface area contributed by atoms with Crippen molar-refractivity contribution in [3.05, 3.63) is 52.5 Å². The summed E-state index contributed by atoms with van der Waals surface area (Å²) < 4.78 is 24.3. The number of aryl methyl sites for hydroxylation is 1. The maximum Gasteiger partial charge on any atom is 0.233 e. The largest absolute Gasteiger partial charge is 0.309 e. The molecule has 0 unspecified atom stereocenters. The highest BCUT2D eigenvalue weighted by Gasteiger charge is 2.21. The molecule has 32 heavy (non-hydrogen) atoms. The lowest BCUT2D eigenvalue weighted by Crippen LogP contribution is -2.34. The molecule has 0 atom stereocenters. The lowest BCUT2D eigenvalue weighted by molar-refractivity contribution is -0.118. The van der Waals surface area contributed by atoms with Gasteiger partial charge in [0, 0.05) is 17.8 Å². The Morgan fingerprint density at radius 1 is 1.12 bits per heavy atom. The van der Waals surface area contributed by atoms with E-state index in [9.17, 15) is 13.2 Å². The zero-order valence-corrected chi connectivity index (χ0v) is 21.7. The summed E-state index contributed by atoms with van der Waals surface area (Å²) in [5.41, 5.74) is 2.59. The topological polar surface area (TPSA) is 70.6 Å². The van der Waals surface area contributed by atoms with E-state index in [1.165, 1.54) is 29.7 Å². The standard InChI is InChI=1S/C22H26ClN3O3S2.ClH/c1-15-12-17(23)14-19-21(15)24-22(30-19)26(11-5-10-25(2)3)20(27)13-16-6-8-18(9-7-16)31(4,28)29;/h6-9,12,14H,5,10-11,13H2,1-4H3;1H. The molecule has 0 aliphatic heterocycles. The van der Waals surface area contributed by atoms with Crippen molar-refractivity contribution in [2.45, 2.75) is 24.7 Å². The lowest BCUT2D eigenvalue weighted by Gasteiger charge is -2.21. The zero-order valence-electron chi connectivity index (χ0n) is 18.5. The van der Waals surface area contributed by atoms with E-state index in [2.05, 4.69) is 4.90 Å². The number of hydrogen-bond donors (Lipinski definition) is 0. The van der Waals surface area contributed by atoms with Gasteiger partial charge in [-0.2, -0.15) is 0 Å². The summed E-state index contributed by atoms with van der Waals surface area (Å²) >= 11 is 7.65. The van der Waals surface area contributed by atoms with Crippen molar-refractivity contribution in [2.75, 3.05) is 38.3 Å². The quantitative estimate of drug-likeness (QED) is 0.437. The van der Waals surface area contributed by atoms with E-state index in [-0.39, 0.29) is 29.6 Å². The Morgan fingerprint density at radius 3 is 2.38 bits per heavy atom. The van der Waals surface area contributed by atoms with Crippen LogP contribution in [-0.4, -0.2) is 57.6 Å². The van der Waals surface area contributed by atoms with E-state index < -0.39 is 9.84 Å². The molecule has 0 aliphatic rings. The molecule has 0 saturated carbocycles. The molecular weight excluding hydrogens is 489 g/mol. The van der Waals surface area contributed by atoms with Gasteiger partial charge in [0.1, 0.15) is 0 Å². The Balaban J connectivity index is 0.00000363. The maximum absolute atomic E-state index is 13.2. The number of fused-ring (bicyclic) bond motifs is 1. The Hall–Kier alpha value is -1.71. The van der Waals surface area contributed by atoms with Crippen LogP contribution in [0.15, 0.2) is 41.3 Å². The van der Waals surface area contributed by atoms with Gasteiger partial charge in [-0.25, -0.2) is 13.4 Å². The maximum atomic E-state index is 13.2. The fourth-order valence-electron chi connectivity index (χ4n) is 3.25. The Morgan fingerprint density at radius 2 is 1.78 bits per heavy atom. The minimum absolute atomic E-state index is 0. The molecule has 1 amide bonds. The Labute approximate surface area is 204 Å². The first-order valence-corrected chi connectivity index (χ1v) is 12.9. The van der Waals surface area contributed by atoms with Crippen LogP contribution in [0.25, 0.3) is 10.2 Å². The fraction of sp³-hybridized carbons (Fsp3) is 0.364. The molecule has 2 aromatic carbocycles. The second-order valence-corrected chi connectivity index (χ2v) is 11.3. The predicted molar refractivity (Wildman–Crippen MR) is 135 cm³/mol. The van der Waals surface area contributed by atoms with E-state index in [0.717, 1.165) is 34.3 Å². The molecule has 1 heterocycles. The first kappa shape index (κ1) is 26.5. The second kappa shape index (κ2) is 10.9. The second-order valence-electron chi connectivity index (χ2n) is 7.86. The number of halogens is 2. The van der Waals surface area contributed by atoms with Crippen LogP contribution in [0.1, 0.15) is 17.5 Å². The van der Waals surface area contributed by atoms with Crippen LogP contribution in [0.5, 0.6) is 0 Å². The molecule has 0 aliphatic carbocycles. The molecule has 3 aromatic rings. The summed E-state index contributed by atoms with van der Waals surface area (Å²) in [6, 6.07) is 10.2. The monoisotopic (exact) mass is 515 g/mol. The average Bonchev–Trinajstić information content (AvgIpc) is 3.08. The molecule has 0 spiro atoms. The highest BCUT2D eigenvalue weighted by atomic mass is 35.5. The first-order chi connectivity index (χ1) is 14.5. The van der Waals surface area contributed by atoms with Crippen molar-refractivity contribution < 1.29 is 13.2 Å². The summed E-state index contributed by atoms with van der Waals surface area (Å²) in [4.78, 5) is 22.0. The van der Waals surface area contributed by atoms with Crippen LogP contribution >= 0.6 is 35.3 Å². The van der Waals surface area contributed by atoms with Gasteiger partial charge in [-0.1, -0.05) is 35.1 Å². The van der Waals surface area contributed by atoms with Gasteiger partial charge in [0.2, 0.25) is 5.91 Å². The average molecular weight is 517 g/mol. The minimum Gasteiger partial charge on any atom is -0.309 e. The molecule has 6 nitrogen and oxygen atoms in total. The van der Waals surface area contributed by atoms with E-state index in [4.69, 9.17) is 16.6 Å². The molecule has 1 aromatic heterocycles. The van der Waals surface area contributed by atoms with Crippen LogP contribution < -0.4 is 4.90 Å². The molecule has 10 heteroatoms. The van der Waals surface area contributed by atoms with Crippen molar-refractivity contribution >= 4 is 66.4 Å². The van der Waals surface area contributed by atoms with Gasteiger partial charge in [0.25, 0.3) is 0 Å². The molecule has 0 N–H and O–H groups in total. The first-order valence-electron chi connectivity index (χ1n) is 9.85. The number of benzene rings is 2. The van der Waals surface area contributed by atoms with Crippen LogP contribution in [0, 0.1) is 6.92 Å². The number of amides is 1. The van der Waals surface area contributed by atoms with Gasteiger partial charge in [0.05, 0.1) is 21.5 Å². The molecule has 0 bridgehead atoms. The lowest BCUT2D eigenvalue weighted by atomic mass is 10.1. The van der Waals surface area contributed by atoms with E-state index in [1.54, 1.807) is 17.0 Å². The number of thiazole rings is 1. The van der Waals surface area contributed by atoms with Crippen molar-refractivity contribution in [3.63, 3.8) is 0 Å². The normalized spacial score (nSPS) is 11.6. The van der Waals surface area contributed by atoms with E-state index in [0.29, 0.717) is 16.7 Å². The third-order valence-corrected chi connectivity index (χ3v) is 7.24. The van der Waals surface area contributed by atoms with Gasteiger partial charge in [-0.05, 0) is 69.4 Å². The van der Waals surface area contributed by atoms with E-state index in [1.807, 2.05) is 33.2 Å². The summed E-state index contributed by atoms with van der Waals surface area (Å²) in [5, 5.41) is 1.30. The highest BCUT2D eigenvalue weighted by molar-refractivity contribution is 7.90. The van der Waals surface area contributed by atoms with Crippen LogP contribution in [0.2, 0.25) is 5.02 Å². The number of anilines is 1. The number of carbonyl (C=O) groups excluding carboxylic acids is 1. The van der Waals surface area contributed by atoms with Crippen molar-refractivity contribution in [2.24, 2.45) is 0 Å². The number of carbonyl (C=O) groups is 1. The molecule has 0 saturated heterocycles. The molecule has 0 radical (unpaired) electrons. The molecule has 174 valence electrons. The van der Waals surface area contributed by atoms with Crippen molar-refractivity contribution in [3.8, 4) is 0 Å². The van der Waals surface area contributed by atoms with Gasteiger partial charge in [-0.15, -0.1) is 12.4 Å². The fourth-order valence-corrected chi connectivity index (χ4v) is 5.35. The van der Waals surface area contributed by atoms with E-state index >= 15 is 0 Å². The van der Waals surface area contributed by atoms with Crippen LogP contribution in [-0.2, 0) is 21.1 Å². The molecule has 3 rings (SSSR count). The van der Waals surface area contributed by atoms with Crippen molar-refractivity contribution in [1.82, 2.24) is 9.88 Å².